The second-order valence-electron chi connectivity index (χ2n) is 5.16. The highest BCUT2D eigenvalue weighted by atomic mass is 79.9. The Morgan fingerprint density at radius 2 is 2.10 bits per heavy atom. The van der Waals surface area contributed by atoms with Gasteiger partial charge in [0.25, 0.3) is 5.91 Å². The van der Waals surface area contributed by atoms with Gasteiger partial charge in [0.2, 0.25) is 10.0 Å². The predicted molar refractivity (Wildman–Crippen MR) is 88.3 cm³/mol. The van der Waals surface area contributed by atoms with E-state index >= 15 is 0 Å². The summed E-state index contributed by atoms with van der Waals surface area (Å²) in [5, 5.41) is 0. The molecule has 0 saturated carbocycles. The molecule has 1 saturated heterocycles. The van der Waals surface area contributed by atoms with Crippen LogP contribution < -0.4 is 4.72 Å². The molecule has 0 aliphatic carbocycles. The second-order valence-corrected chi connectivity index (χ2v) is 9.57. The van der Waals surface area contributed by atoms with Crippen molar-refractivity contribution in [2.75, 3.05) is 18.8 Å². The van der Waals surface area contributed by atoms with Gasteiger partial charge in [0, 0.05) is 19.1 Å². The van der Waals surface area contributed by atoms with Crippen LogP contribution >= 0.6 is 27.3 Å². The fourth-order valence-electron chi connectivity index (χ4n) is 2.26. The van der Waals surface area contributed by atoms with Crippen molar-refractivity contribution in [2.24, 2.45) is 0 Å². The molecule has 1 aliphatic heterocycles. The smallest absolute Gasteiger partial charge is 0.263 e. The Balaban J connectivity index is 1.93. The lowest BCUT2D eigenvalue weighted by atomic mass is 10.1. The molecule has 2 heterocycles. The third kappa shape index (κ3) is 4.28. The first-order chi connectivity index (χ1) is 9.82. The summed E-state index contributed by atoms with van der Waals surface area (Å²) < 4.78 is 26.8. The van der Waals surface area contributed by atoms with Crippen LogP contribution in [0.3, 0.4) is 0 Å². The minimum absolute atomic E-state index is 0.0330. The molecule has 1 N–H and O–H groups in total. The van der Waals surface area contributed by atoms with E-state index in [4.69, 9.17) is 0 Å². The quantitative estimate of drug-likeness (QED) is 0.851. The summed E-state index contributed by atoms with van der Waals surface area (Å²) in [7, 11) is -3.17. The summed E-state index contributed by atoms with van der Waals surface area (Å²) in [4.78, 5) is 14.9. The van der Waals surface area contributed by atoms with Crippen LogP contribution in [0.4, 0.5) is 0 Å². The molecule has 118 valence electrons. The molecule has 1 amide bonds. The molecule has 0 unspecified atom stereocenters. The highest BCUT2D eigenvalue weighted by molar-refractivity contribution is 9.11. The third-order valence-electron chi connectivity index (χ3n) is 3.58. The molecular formula is C13H19BrN2O3S2. The van der Waals surface area contributed by atoms with Crippen molar-refractivity contribution in [1.29, 1.82) is 0 Å². The van der Waals surface area contributed by atoms with E-state index in [1.807, 2.05) is 13.0 Å². The van der Waals surface area contributed by atoms with Crippen LogP contribution in [0.15, 0.2) is 9.85 Å². The van der Waals surface area contributed by atoms with Gasteiger partial charge in [0.05, 0.1) is 14.4 Å². The lowest BCUT2D eigenvalue weighted by Gasteiger charge is -2.31. The summed E-state index contributed by atoms with van der Waals surface area (Å²) in [6, 6.07) is 1.83. The summed E-state index contributed by atoms with van der Waals surface area (Å²) in [6.07, 6.45) is 1.33. The van der Waals surface area contributed by atoms with Gasteiger partial charge in [-0.25, -0.2) is 13.1 Å². The Morgan fingerprint density at radius 1 is 1.48 bits per heavy atom. The van der Waals surface area contributed by atoms with Crippen molar-refractivity contribution >= 4 is 43.2 Å². The first-order valence-electron chi connectivity index (χ1n) is 6.87. The number of hydrogen-bond donors (Lipinski definition) is 1. The number of piperidine rings is 1. The fraction of sp³-hybridized carbons (Fsp3) is 0.615. The van der Waals surface area contributed by atoms with E-state index in [0.29, 0.717) is 25.9 Å². The molecule has 1 aromatic rings. The molecule has 8 heteroatoms. The first-order valence-corrected chi connectivity index (χ1v) is 10.1. The van der Waals surface area contributed by atoms with E-state index in [1.54, 1.807) is 11.8 Å². The Labute approximate surface area is 137 Å². The number of carbonyl (C=O) groups excluding carboxylic acids is 1. The molecule has 21 heavy (non-hydrogen) atoms. The van der Waals surface area contributed by atoms with E-state index in [1.165, 1.54) is 11.3 Å². The standard InChI is InChI=1S/C13H19BrN2O3S2/c1-3-21(18,19)15-10-4-6-16(7-5-10)13(17)11-8-9(2)12(14)20-11/h8,10,15H,3-7H2,1-2H3. The molecule has 0 aromatic carbocycles. The van der Waals surface area contributed by atoms with Gasteiger partial charge in [0.1, 0.15) is 0 Å². The summed E-state index contributed by atoms with van der Waals surface area (Å²) in [6.45, 7) is 4.76. The second kappa shape index (κ2) is 6.76. The van der Waals surface area contributed by atoms with Crippen LogP contribution in [0.2, 0.25) is 0 Å². The van der Waals surface area contributed by atoms with Crippen LogP contribution in [-0.4, -0.2) is 44.1 Å². The minimum Gasteiger partial charge on any atom is -0.338 e. The van der Waals surface area contributed by atoms with E-state index in [0.717, 1.165) is 14.2 Å². The molecule has 0 atom stereocenters. The van der Waals surface area contributed by atoms with Crippen LogP contribution in [0, 0.1) is 6.92 Å². The lowest BCUT2D eigenvalue weighted by molar-refractivity contribution is 0.0716. The number of nitrogens with one attached hydrogen (secondary N) is 1. The third-order valence-corrected chi connectivity index (χ3v) is 7.15. The number of nitrogens with zero attached hydrogens (tertiary/aromatic N) is 1. The van der Waals surface area contributed by atoms with Crippen LogP contribution in [0.25, 0.3) is 0 Å². The number of aryl methyl sites for hydroxylation is 1. The summed E-state index contributed by atoms with van der Waals surface area (Å²) in [5.74, 6) is 0.125. The maximum Gasteiger partial charge on any atom is 0.263 e. The van der Waals surface area contributed by atoms with Gasteiger partial charge in [-0.05, 0) is 54.2 Å². The molecule has 2 rings (SSSR count). The van der Waals surface area contributed by atoms with Crippen LogP contribution in [-0.2, 0) is 10.0 Å². The average Bonchev–Trinajstić information content (AvgIpc) is 2.78. The number of thiophene rings is 1. The maximum absolute atomic E-state index is 12.4. The van der Waals surface area contributed by atoms with Crippen molar-refractivity contribution in [3.05, 3.63) is 20.3 Å². The zero-order chi connectivity index (χ0) is 15.6. The van der Waals surface area contributed by atoms with Crippen molar-refractivity contribution in [1.82, 2.24) is 9.62 Å². The molecule has 0 spiro atoms. The molecule has 0 bridgehead atoms. The van der Waals surface area contributed by atoms with Crippen molar-refractivity contribution in [3.63, 3.8) is 0 Å². The van der Waals surface area contributed by atoms with Crippen molar-refractivity contribution in [3.8, 4) is 0 Å². The Hall–Kier alpha value is -0.440. The Bertz CT molecular complexity index is 600. The van der Waals surface area contributed by atoms with Crippen LogP contribution in [0.5, 0.6) is 0 Å². The first kappa shape index (κ1) is 16.9. The molecule has 1 fully saturated rings. The van der Waals surface area contributed by atoms with E-state index in [9.17, 15) is 13.2 Å². The van der Waals surface area contributed by atoms with Gasteiger partial charge in [0.15, 0.2) is 0 Å². The topological polar surface area (TPSA) is 66.5 Å². The van der Waals surface area contributed by atoms with Gasteiger partial charge in [-0.3, -0.25) is 4.79 Å². The number of likely N-dealkylation sites (tertiary alicyclic amines) is 1. The number of hydrogen-bond acceptors (Lipinski definition) is 4. The van der Waals surface area contributed by atoms with E-state index in [2.05, 4.69) is 20.7 Å². The highest BCUT2D eigenvalue weighted by Crippen LogP contribution is 2.28. The van der Waals surface area contributed by atoms with Crippen molar-refractivity contribution < 1.29 is 13.2 Å². The molecule has 5 nitrogen and oxygen atoms in total. The largest absolute Gasteiger partial charge is 0.338 e. The highest BCUT2D eigenvalue weighted by Gasteiger charge is 2.26. The zero-order valence-electron chi connectivity index (χ0n) is 12.1. The zero-order valence-corrected chi connectivity index (χ0v) is 15.3. The molecule has 0 radical (unpaired) electrons. The molecule has 1 aliphatic rings. The Morgan fingerprint density at radius 3 is 2.57 bits per heavy atom. The summed E-state index contributed by atoms with van der Waals surface area (Å²) in [5.41, 5.74) is 1.06. The van der Waals surface area contributed by atoms with Gasteiger partial charge in [-0.2, -0.15) is 0 Å². The minimum atomic E-state index is -3.17. The number of carbonyl (C=O) groups is 1. The van der Waals surface area contributed by atoms with Gasteiger partial charge >= 0.3 is 0 Å². The van der Waals surface area contributed by atoms with Gasteiger partial charge in [-0.1, -0.05) is 0 Å². The van der Waals surface area contributed by atoms with E-state index in [-0.39, 0.29) is 17.7 Å². The normalized spacial score (nSPS) is 17.2. The number of sulfonamides is 1. The monoisotopic (exact) mass is 394 g/mol. The fourth-order valence-corrected chi connectivity index (χ4v) is 4.67. The Kier molecular flexibility index (Phi) is 5.45. The molecular weight excluding hydrogens is 376 g/mol. The number of halogens is 1. The van der Waals surface area contributed by atoms with Crippen molar-refractivity contribution in [2.45, 2.75) is 32.7 Å². The predicted octanol–water partition coefficient (Wildman–Crippen LogP) is 2.36. The van der Waals surface area contributed by atoms with Gasteiger partial charge in [-0.15, -0.1) is 11.3 Å². The summed E-state index contributed by atoms with van der Waals surface area (Å²) >= 11 is 4.87. The number of amides is 1. The van der Waals surface area contributed by atoms with Gasteiger partial charge < -0.3 is 4.90 Å². The van der Waals surface area contributed by atoms with Crippen LogP contribution in [0.1, 0.15) is 35.0 Å². The number of rotatable bonds is 4. The molecule has 1 aromatic heterocycles. The maximum atomic E-state index is 12.4. The van der Waals surface area contributed by atoms with E-state index < -0.39 is 10.0 Å². The lowest BCUT2D eigenvalue weighted by Crippen LogP contribution is -2.46. The SMILES string of the molecule is CCS(=O)(=O)NC1CCN(C(=O)c2cc(C)c(Br)s2)CC1. The average molecular weight is 395 g/mol.